The van der Waals surface area contributed by atoms with Gasteiger partial charge in [-0.3, -0.25) is 33.6 Å². The molecule has 0 bridgehead atoms. The first kappa shape index (κ1) is 72.6. The van der Waals surface area contributed by atoms with Crippen LogP contribution in [0.5, 0.6) is 0 Å². The first-order chi connectivity index (χ1) is 40.3. The van der Waals surface area contributed by atoms with Crippen LogP contribution < -0.4 is 33.2 Å². The predicted molar refractivity (Wildman–Crippen MR) is 314 cm³/mol. The van der Waals surface area contributed by atoms with Gasteiger partial charge in [0, 0.05) is 57.0 Å². The van der Waals surface area contributed by atoms with Crippen LogP contribution in [0.15, 0.2) is 36.4 Å². The van der Waals surface area contributed by atoms with E-state index in [2.05, 4.69) is 22.0 Å². The Morgan fingerprint density at radius 2 is 0.702 bits per heavy atom. The first-order valence-electron chi connectivity index (χ1n) is 29.8. The molecule has 2 aromatic carbocycles. The number of aryl methyl sites for hydroxylation is 4. The molecule has 0 spiro atoms. The highest BCUT2D eigenvalue weighted by Gasteiger charge is 2.36. The number of carbonyl (C=O) groups is 7. The number of rotatable bonds is 47. The van der Waals surface area contributed by atoms with E-state index in [9.17, 15) is 54.0 Å². The number of hydrogen-bond donors (Lipinski definition) is 10. The van der Waals surface area contributed by atoms with Crippen LogP contribution in [-0.4, -0.2) is 181 Å². The van der Waals surface area contributed by atoms with Crippen molar-refractivity contribution in [2.24, 2.45) is 58.6 Å². The summed E-state index contributed by atoms with van der Waals surface area (Å²) in [5, 5.41) is 49.4. The molecule has 0 saturated heterocycles. The Labute approximate surface area is 495 Å². The molecule has 1 aliphatic carbocycles. The first-order valence-corrected chi connectivity index (χ1v) is 29.8. The van der Waals surface area contributed by atoms with Crippen LogP contribution in [0.4, 0.5) is 0 Å². The molecular weight excluding hydrogens is 1090 g/mol. The van der Waals surface area contributed by atoms with E-state index in [0.717, 1.165) is 33.4 Å². The average Bonchev–Trinajstić information content (AvgIpc) is 3.41. The van der Waals surface area contributed by atoms with Gasteiger partial charge in [0.15, 0.2) is 0 Å². The molecule has 0 heterocycles. The van der Waals surface area contributed by atoms with E-state index in [1.807, 2.05) is 30.3 Å². The van der Waals surface area contributed by atoms with Crippen LogP contribution in [0.1, 0.15) is 118 Å². The number of carbonyl (C=O) groups excluding carboxylic acids is 3. The van der Waals surface area contributed by atoms with E-state index in [4.69, 9.17) is 45.6 Å². The molecule has 13 N–H and O–H groups in total. The highest BCUT2D eigenvalue weighted by atomic mass is 16.5. The minimum Gasteiger partial charge on any atom is -0.481 e. The summed E-state index contributed by atoms with van der Waals surface area (Å²) in [6.45, 7) is 11.3. The minimum absolute atomic E-state index is 0.00480. The van der Waals surface area contributed by atoms with Gasteiger partial charge < -0.3 is 82.0 Å². The molecule has 23 heteroatoms. The fourth-order valence-corrected chi connectivity index (χ4v) is 10.5. The van der Waals surface area contributed by atoms with Gasteiger partial charge in [0.1, 0.15) is 0 Å². The molecule has 8 unspecified atom stereocenters. The second-order valence-corrected chi connectivity index (χ2v) is 22.1. The third-order valence-electron chi connectivity index (χ3n) is 15.3. The van der Waals surface area contributed by atoms with Gasteiger partial charge in [0.05, 0.1) is 103 Å². The number of nitrogens with two attached hydrogens (primary N) is 3. The molecule has 0 radical (unpaired) electrons. The maximum Gasteiger partial charge on any atom is 0.306 e. The van der Waals surface area contributed by atoms with Crippen molar-refractivity contribution in [1.82, 2.24) is 16.0 Å². The Morgan fingerprint density at radius 3 is 1.06 bits per heavy atom. The lowest BCUT2D eigenvalue weighted by atomic mass is 9.76. The fraction of sp³-hybridized carbons (Fsp3) is 0.689. The van der Waals surface area contributed by atoms with Crippen LogP contribution >= 0.6 is 0 Å². The molecule has 2 aromatic rings. The lowest BCUT2D eigenvalue weighted by Gasteiger charge is -2.29. The second-order valence-electron chi connectivity index (χ2n) is 22.1. The van der Waals surface area contributed by atoms with E-state index >= 15 is 0 Å². The van der Waals surface area contributed by atoms with Crippen LogP contribution in [0.25, 0.3) is 0 Å². The van der Waals surface area contributed by atoms with Crippen molar-refractivity contribution in [3.63, 3.8) is 0 Å². The van der Waals surface area contributed by atoms with Crippen molar-refractivity contribution in [2.75, 3.05) is 119 Å². The second kappa shape index (κ2) is 41.4. The highest BCUT2D eigenvalue weighted by molar-refractivity contribution is 5.84. The molecule has 0 aromatic heterocycles. The fourth-order valence-electron chi connectivity index (χ4n) is 10.5. The van der Waals surface area contributed by atoms with Gasteiger partial charge in [-0.15, -0.1) is 0 Å². The van der Waals surface area contributed by atoms with E-state index in [0.29, 0.717) is 104 Å². The van der Waals surface area contributed by atoms with Crippen LogP contribution in [0.3, 0.4) is 0 Å². The summed E-state index contributed by atoms with van der Waals surface area (Å²) in [7, 11) is 0. The largest absolute Gasteiger partial charge is 0.481 e. The minimum atomic E-state index is -1.20. The molecule has 0 aliphatic heterocycles. The Morgan fingerprint density at radius 1 is 0.381 bits per heavy atom. The van der Waals surface area contributed by atoms with Crippen molar-refractivity contribution in [3.05, 3.63) is 69.8 Å². The predicted octanol–water partition coefficient (Wildman–Crippen LogP) is 3.52. The van der Waals surface area contributed by atoms with Crippen molar-refractivity contribution in [2.45, 2.75) is 110 Å². The summed E-state index contributed by atoms with van der Waals surface area (Å²) >= 11 is 0. The van der Waals surface area contributed by atoms with Crippen molar-refractivity contribution in [3.8, 4) is 0 Å². The third-order valence-corrected chi connectivity index (χ3v) is 15.3. The Balaban J connectivity index is 1.97. The third kappa shape index (κ3) is 28.0. The Kier molecular flexibility index (Phi) is 35.8. The summed E-state index contributed by atoms with van der Waals surface area (Å²) < 4.78 is 32.9. The molecule has 23 nitrogen and oxygen atoms in total. The number of amides is 3. The van der Waals surface area contributed by atoms with Gasteiger partial charge >= 0.3 is 23.9 Å². The zero-order valence-electron chi connectivity index (χ0n) is 50.0. The topological polar surface area (TPSA) is 370 Å². The van der Waals surface area contributed by atoms with E-state index < -0.39 is 83.0 Å². The van der Waals surface area contributed by atoms with Gasteiger partial charge in [0.2, 0.25) is 17.7 Å². The quantitative estimate of drug-likeness (QED) is 0.0424. The highest BCUT2D eigenvalue weighted by Crippen LogP contribution is 2.38. The summed E-state index contributed by atoms with van der Waals surface area (Å²) in [4.78, 5) is 92.1. The number of aliphatic carboxylic acids is 4. The van der Waals surface area contributed by atoms with E-state index in [-0.39, 0.29) is 96.6 Å². The maximum atomic E-state index is 14.5. The molecule has 0 saturated carbocycles. The molecule has 1 aliphatic rings. The van der Waals surface area contributed by atoms with Gasteiger partial charge in [0.25, 0.3) is 0 Å². The molecule has 3 amide bonds. The molecule has 474 valence electrons. The van der Waals surface area contributed by atoms with Gasteiger partial charge in [-0.25, -0.2) is 0 Å². The Bertz CT molecular complexity index is 2290. The summed E-state index contributed by atoms with van der Waals surface area (Å²) in [5.41, 5.74) is 22.4. The van der Waals surface area contributed by atoms with Crippen LogP contribution in [0.2, 0.25) is 0 Å². The number of benzene rings is 2. The number of carboxylic acids is 4. The summed E-state index contributed by atoms with van der Waals surface area (Å²) in [5.74, 6) is -12.4. The normalized spacial score (nSPS) is 15.5. The van der Waals surface area contributed by atoms with Gasteiger partial charge in [-0.05, 0) is 116 Å². The lowest BCUT2D eigenvalue weighted by molar-refractivity contribution is -0.144. The lowest BCUT2D eigenvalue weighted by Crippen LogP contribution is -2.41. The van der Waals surface area contributed by atoms with E-state index in [1.165, 1.54) is 0 Å². The summed E-state index contributed by atoms with van der Waals surface area (Å²) in [6, 6.07) is 12.1. The summed E-state index contributed by atoms with van der Waals surface area (Å²) in [6.07, 6.45) is 2.90. The molecule has 8 atom stereocenters. The van der Waals surface area contributed by atoms with E-state index in [1.54, 1.807) is 27.7 Å². The SMILES string of the molecule is CC(CC(CC(C)C(=O)O)c1ccc2c(c1)CCc1ccc(C(CC(C)C(=O)O)CC(CC(CC(CC(C)C(=O)NCCOCCOCCN)C(=O)NCCOCCOCCN)C(=O)NCCOCCOCCN)C(=O)O)cc1CC2)C(=O)O. The number of hydrogen-bond acceptors (Lipinski definition) is 16. The van der Waals surface area contributed by atoms with Crippen molar-refractivity contribution >= 4 is 41.6 Å². The van der Waals surface area contributed by atoms with Crippen molar-refractivity contribution < 1.29 is 82.4 Å². The number of nitrogens with one attached hydrogen (secondary N) is 3. The Hall–Kier alpha value is -5.63. The van der Waals surface area contributed by atoms with Gasteiger partial charge in [-0.1, -0.05) is 64.1 Å². The smallest absolute Gasteiger partial charge is 0.306 e. The zero-order valence-corrected chi connectivity index (χ0v) is 50.0. The van der Waals surface area contributed by atoms with Gasteiger partial charge in [-0.2, -0.15) is 0 Å². The maximum absolute atomic E-state index is 14.5. The molecule has 84 heavy (non-hydrogen) atoms. The van der Waals surface area contributed by atoms with Crippen molar-refractivity contribution in [1.29, 1.82) is 0 Å². The van der Waals surface area contributed by atoms with Crippen LogP contribution in [0, 0.1) is 41.4 Å². The molecule has 3 rings (SSSR count). The zero-order chi connectivity index (χ0) is 61.8. The average molecular weight is 1190 g/mol. The standard InChI is InChI=1S/C61H98N6O17/c1-40(55(68)65-16-22-82-28-25-79-19-13-62)31-52(56(69)66-17-23-83-29-26-80-20-14-63)38-53(57(70)67-18-24-84-30-27-81-21-15-64)39-54(61(77)78)37-51(34-43(4)60(75)76)49-12-8-45-5-9-46-35-48(11-7-44(46)6-10-47(45)36-49)50(32-41(2)58(71)72)33-42(3)59(73)74/h7-8,11-12,35-36,40-43,50-54H,5-6,9-10,13-34,37-39,62-64H2,1-4H3,(H,65,68)(H,66,69)(H,67,70)(H,71,72)(H,73,74)(H,75,76)(H,77,78). The number of ether oxygens (including phenoxy) is 6. The monoisotopic (exact) mass is 1190 g/mol. The number of fused-ring (bicyclic) bond motifs is 2. The van der Waals surface area contributed by atoms with Crippen LogP contribution in [-0.2, 0) is 87.7 Å². The molecular formula is C61H98N6O17. The number of carboxylic acid groups (broad SMARTS) is 4. The molecule has 0 fully saturated rings.